The minimum Gasteiger partial charge on any atom is -0.387 e. The zero-order valence-corrected chi connectivity index (χ0v) is 8.39. The van der Waals surface area contributed by atoms with Gasteiger partial charge in [-0.1, -0.05) is 0 Å². The Labute approximate surface area is 87.3 Å². The summed E-state index contributed by atoms with van der Waals surface area (Å²) < 4.78 is 0. The highest BCUT2D eigenvalue weighted by atomic mass is 16.2. The molecule has 1 aliphatic heterocycles. The van der Waals surface area contributed by atoms with E-state index in [1.807, 2.05) is 6.07 Å². The Bertz CT molecular complexity index is 346. The highest BCUT2D eigenvalue weighted by molar-refractivity contribution is 5.98. The third kappa shape index (κ3) is 2.98. The molecule has 3 N–H and O–H groups in total. The van der Waals surface area contributed by atoms with E-state index in [0.29, 0.717) is 12.1 Å². The minimum atomic E-state index is -0.586. The van der Waals surface area contributed by atoms with Crippen molar-refractivity contribution in [2.24, 2.45) is 0 Å². The van der Waals surface area contributed by atoms with Crippen LogP contribution < -0.4 is 16.2 Å². The summed E-state index contributed by atoms with van der Waals surface area (Å²) in [4.78, 5) is 22.0. The van der Waals surface area contributed by atoms with Gasteiger partial charge in [-0.2, -0.15) is 5.26 Å². The number of carbonyl (C=O) groups is 2. The van der Waals surface area contributed by atoms with Gasteiger partial charge in [-0.3, -0.25) is 20.4 Å². The molecule has 1 rings (SSSR count). The van der Waals surface area contributed by atoms with Crippen molar-refractivity contribution in [3.05, 3.63) is 11.3 Å². The summed E-state index contributed by atoms with van der Waals surface area (Å²) in [7, 11) is 0. The van der Waals surface area contributed by atoms with Gasteiger partial charge in [0.2, 0.25) is 5.91 Å². The monoisotopic (exact) mass is 208 g/mol. The summed E-state index contributed by atoms with van der Waals surface area (Å²) in [5, 5.41) is 11.8. The largest absolute Gasteiger partial charge is 0.387 e. The molecule has 0 aromatic heterocycles. The molecular weight excluding hydrogens is 196 g/mol. The summed E-state index contributed by atoms with van der Waals surface area (Å²) in [6.45, 7) is 2.04. The molecule has 80 valence electrons. The van der Waals surface area contributed by atoms with Gasteiger partial charge in [0.05, 0.1) is 0 Å². The van der Waals surface area contributed by atoms with Crippen molar-refractivity contribution in [2.75, 3.05) is 6.54 Å². The molecule has 2 amide bonds. The Hall–Kier alpha value is -2.03. The highest BCUT2D eigenvalue weighted by Crippen LogP contribution is 2.13. The van der Waals surface area contributed by atoms with Crippen LogP contribution in [-0.2, 0) is 9.59 Å². The maximum absolute atomic E-state index is 11.4. The second-order valence-corrected chi connectivity index (χ2v) is 3.13. The van der Waals surface area contributed by atoms with Crippen molar-refractivity contribution in [1.82, 2.24) is 16.2 Å². The molecule has 1 aliphatic rings. The van der Waals surface area contributed by atoms with Crippen LogP contribution in [0.3, 0.4) is 0 Å². The van der Waals surface area contributed by atoms with Crippen molar-refractivity contribution >= 4 is 11.8 Å². The summed E-state index contributed by atoms with van der Waals surface area (Å²) in [5.41, 5.74) is 4.95. The van der Waals surface area contributed by atoms with Gasteiger partial charge < -0.3 is 5.32 Å². The second-order valence-electron chi connectivity index (χ2n) is 3.13. The fourth-order valence-electron chi connectivity index (χ4n) is 1.27. The van der Waals surface area contributed by atoms with E-state index in [0.717, 1.165) is 13.0 Å². The highest BCUT2D eigenvalue weighted by Gasteiger charge is 2.18. The van der Waals surface area contributed by atoms with E-state index in [9.17, 15) is 9.59 Å². The summed E-state index contributed by atoms with van der Waals surface area (Å²) >= 11 is 0. The van der Waals surface area contributed by atoms with Crippen molar-refractivity contribution in [3.63, 3.8) is 0 Å². The van der Waals surface area contributed by atoms with E-state index < -0.39 is 5.91 Å². The van der Waals surface area contributed by atoms with Crippen molar-refractivity contribution < 1.29 is 9.59 Å². The number of allylic oxidation sites excluding steroid dienone is 1. The lowest BCUT2D eigenvalue weighted by Crippen LogP contribution is -2.41. The number of carbonyl (C=O) groups excluding carboxylic acids is 2. The first-order valence-corrected chi connectivity index (χ1v) is 4.59. The van der Waals surface area contributed by atoms with Crippen molar-refractivity contribution in [3.8, 4) is 6.07 Å². The number of hydrogen-bond acceptors (Lipinski definition) is 4. The van der Waals surface area contributed by atoms with Crippen molar-refractivity contribution in [2.45, 2.75) is 19.8 Å². The van der Waals surface area contributed by atoms with Crippen LogP contribution in [0.5, 0.6) is 0 Å². The molecule has 0 aromatic rings. The third-order valence-corrected chi connectivity index (χ3v) is 1.93. The molecule has 0 aliphatic carbocycles. The molecule has 0 atom stereocenters. The van der Waals surface area contributed by atoms with Gasteiger partial charge in [-0.15, -0.1) is 0 Å². The van der Waals surface area contributed by atoms with Crippen LogP contribution in [-0.4, -0.2) is 18.4 Å². The molecule has 0 bridgehead atoms. The Kier molecular flexibility index (Phi) is 3.68. The molecule has 0 radical (unpaired) electrons. The van der Waals surface area contributed by atoms with Gasteiger partial charge in [0.25, 0.3) is 5.91 Å². The fraction of sp³-hybridized carbons (Fsp3) is 0.444. The van der Waals surface area contributed by atoms with Crippen LogP contribution in [0.1, 0.15) is 19.8 Å². The van der Waals surface area contributed by atoms with Crippen LogP contribution >= 0.6 is 0 Å². The first-order chi connectivity index (χ1) is 7.15. The molecule has 6 nitrogen and oxygen atoms in total. The molecule has 1 saturated heterocycles. The predicted molar refractivity (Wildman–Crippen MR) is 51.8 cm³/mol. The molecule has 1 heterocycles. The van der Waals surface area contributed by atoms with E-state index in [1.54, 1.807) is 0 Å². The third-order valence-electron chi connectivity index (χ3n) is 1.93. The predicted octanol–water partition coefficient (Wildman–Crippen LogP) is -0.685. The molecule has 15 heavy (non-hydrogen) atoms. The SMILES string of the molecule is CC(=O)NNC(=O)/C(C#N)=C1\CCCN1. The maximum Gasteiger partial charge on any atom is 0.282 e. The van der Waals surface area contributed by atoms with Crippen LogP contribution in [0.15, 0.2) is 11.3 Å². The first-order valence-electron chi connectivity index (χ1n) is 4.59. The summed E-state index contributed by atoms with van der Waals surface area (Å²) in [6.07, 6.45) is 1.60. The lowest BCUT2D eigenvalue weighted by Gasteiger charge is -2.06. The molecule has 0 aromatic carbocycles. The number of rotatable bonds is 1. The van der Waals surface area contributed by atoms with Crippen LogP contribution in [0.2, 0.25) is 0 Å². The second kappa shape index (κ2) is 5.00. The van der Waals surface area contributed by atoms with E-state index in [4.69, 9.17) is 5.26 Å². The number of amides is 2. The summed E-state index contributed by atoms with van der Waals surface area (Å²) in [6, 6.07) is 1.82. The van der Waals surface area contributed by atoms with Gasteiger partial charge in [0.15, 0.2) is 0 Å². The normalized spacial score (nSPS) is 17.3. The maximum atomic E-state index is 11.4. The molecule has 0 spiro atoms. The average Bonchev–Trinajstić information content (AvgIpc) is 2.69. The zero-order chi connectivity index (χ0) is 11.3. The van der Waals surface area contributed by atoms with Gasteiger partial charge in [0, 0.05) is 19.2 Å². The number of nitrogens with one attached hydrogen (secondary N) is 3. The van der Waals surface area contributed by atoms with E-state index >= 15 is 0 Å². The van der Waals surface area contributed by atoms with Crippen molar-refractivity contribution in [1.29, 1.82) is 5.26 Å². The molecular formula is C9H12N4O2. The topological polar surface area (TPSA) is 94.0 Å². The van der Waals surface area contributed by atoms with E-state index in [-0.39, 0.29) is 11.5 Å². The van der Waals surface area contributed by atoms with E-state index in [1.165, 1.54) is 6.92 Å². The van der Waals surface area contributed by atoms with E-state index in [2.05, 4.69) is 16.2 Å². The molecule has 0 saturated carbocycles. The Balaban J connectivity index is 2.67. The number of nitrogens with zero attached hydrogens (tertiary/aromatic N) is 1. The molecule has 6 heteroatoms. The average molecular weight is 208 g/mol. The lowest BCUT2D eigenvalue weighted by atomic mass is 10.2. The quantitative estimate of drug-likeness (QED) is 0.302. The van der Waals surface area contributed by atoms with Crippen LogP contribution in [0, 0.1) is 11.3 Å². The fourth-order valence-corrected chi connectivity index (χ4v) is 1.27. The van der Waals surface area contributed by atoms with Gasteiger partial charge in [-0.05, 0) is 12.8 Å². The standard InChI is InChI=1S/C9H12N4O2/c1-6(14)12-13-9(15)7(5-10)8-3-2-4-11-8/h11H,2-4H2,1H3,(H,12,14)(H,13,15)/b8-7+. The van der Waals surface area contributed by atoms with Gasteiger partial charge in [-0.25, -0.2) is 0 Å². The number of nitriles is 1. The smallest absolute Gasteiger partial charge is 0.282 e. The summed E-state index contributed by atoms with van der Waals surface area (Å²) in [5.74, 6) is -0.970. The Morgan fingerprint density at radius 2 is 2.20 bits per heavy atom. The number of hydrogen-bond donors (Lipinski definition) is 3. The lowest BCUT2D eigenvalue weighted by molar-refractivity contribution is -0.125. The minimum absolute atomic E-state index is 0.0289. The van der Waals surface area contributed by atoms with Gasteiger partial charge >= 0.3 is 0 Å². The first kappa shape index (κ1) is 11.0. The van der Waals surface area contributed by atoms with Crippen LogP contribution in [0.4, 0.5) is 0 Å². The Morgan fingerprint density at radius 3 is 2.67 bits per heavy atom. The number of hydrazine groups is 1. The Morgan fingerprint density at radius 1 is 1.47 bits per heavy atom. The molecule has 0 unspecified atom stereocenters. The van der Waals surface area contributed by atoms with Crippen LogP contribution in [0.25, 0.3) is 0 Å². The molecule has 1 fully saturated rings. The zero-order valence-electron chi connectivity index (χ0n) is 8.39. The van der Waals surface area contributed by atoms with Gasteiger partial charge in [0.1, 0.15) is 11.6 Å².